The molecule has 0 bridgehead atoms. The summed E-state index contributed by atoms with van der Waals surface area (Å²) in [4.78, 5) is 24.8. The molecule has 0 heterocycles. The van der Waals surface area contributed by atoms with Crippen molar-refractivity contribution >= 4 is 17.6 Å². The van der Waals surface area contributed by atoms with E-state index in [1.165, 1.54) is 0 Å². The Hall–Kier alpha value is -2.04. The standard InChI is InChI=1S/C15H23N3O2/c1-12(2)11-18(13(3)19)10-9-16-15(20)17-14-7-5-4-6-8-14/h4-8,12H,9-11H2,1-3H3,(H2,16,17,20). The molecule has 1 aromatic carbocycles. The van der Waals surface area contributed by atoms with E-state index in [1.54, 1.807) is 11.8 Å². The summed E-state index contributed by atoms with van der Waals surface area (Å²) in [5.74, 6) is 0.445. The number of anilines is 1. The minimum absolute atomic E-state index is 0.0315. The zero-order valence-electron chi connectivity index (χ0n) is 12.3. The Morgan fingerprint density at radius 2 is 1.85 bits per heavy atom. The average Bonchev–Trinajstić information content (AvgIpc) is 2.38. The molecule has 20 heavy (non-hydrogen) atoms. The minimum atomic E-state index is -0.260. The van der Waals surface area contributed by atoms with E-state index in [4.69, 9.17) is 0 Å². The van der Waals surface area contributed by atoms with Crippen LogP contribution in [0.3, 0.4) is 0 Å². The van der Waals surface area contributed by atoms with Gasteiger partial charge in [0.05, 0.1) is 0 Å². The van der Waals surface area contributed by atoms with Gasteiger partial charge in [0.1, 0.15) is 0 Å². The quantitative estimate of drug-likeness (QED) is 0.838. The van der Waals surface area contributed by atoms with Crippen LogP contribution in [0, 0.1) is 5.92 Å². The Bertz CT molecular complexity index is 432. The van der Waals surface area contributed by atoms with Crippen molar-refractivity contribution in [3.8, 4) is 0 Å². The molecular formula is C15H23N3O2. The zero-order valence-corrected chi connectivity index (χ0v) is 12.3. The molecule has 0 spiro atoms. The van der Waals surface area contributed by atoms with E-state index in [1.807, 2.05) is 30.3 Å². The SMILES string of the molecule is CC(=O)N(CCNC(=O)Nc1ccccc1)CC(C)C. The van der Waals surface area contributed by atoms with Crippen LogP contribution >= 0.6 is 0 Å². The molecule has 0 aliphatic heterocycles. The number of para-hydroxylation sites is 1. The molecule has 1 rings (SSSR count). The third kappa shape index (κ3) is 6.22. The molecule has 110 valence electrons. The Labute approximate surface area is 120 Å². The van der Waals surface area contributed by atoms with Crippen LogP contribution in [0.1, 0.15) is 20.8 Å². The molecule has 0 atom stereocenters. The second kappa shape index (κ2) is 8.19. The Kier molecular flexibility index (Phi) is 6.56. The lowest BCUT2D eigenvalue weighted by Crippen LogP contribution is -2.40. The van der Waals surface area contributed by atoms with E-state index in [2.05, 4.69) is 24.5 Å². The number of urea groups is 1. The van der Waals surface area contributed by atoms with Crippen molar-refractivity contribution in [2.24, 2.45) is 5.92 Å². The fourth-order valence-corrected chi connectivity index (χ4v) is 1.82. The van der Waals surface area contributed by atoms with E-state index in [9.17, 15) is 9.59 Å². The Morgan fingerprint density at radius 3 is 2.40 bits per heavy atom. The number of hydrogen-bond donors (Lipinski definition) is 2. The van der Waals surface area contributed by atoms with Gasteiger partial charge in [-0.3, -0.25) is 4.79 Å². The van der Waals surface area contributed by atoms with Gasteiger partial charge in [0.25, 0.3) is 0 Å². The molecule has 3 amide bonds. The van der Waals surface area contributed by atoms with Gasteiger partial charge in [-0.05, 0) is 18.1 Å². The van der Waals surface area contributed by atoms with Gasteiger partial charge < -0.3 is 15.5 Å². The number of rotatable bonds is 6. The highest BCUT2D eigenvalue weighted by atomic mass is 16.2. The third-order valence-electron chi connectivity index (χ3n) is 2.73. The summed E-state index contributed by atoms with van der Waals surface area (Å²) in [5, 5.41) is 5.48. The lowest BCUT2D eigenvalue weighted by Gasteiger charge is -2.23. The number of nitrogens with zero attached hydrogens (tertiary/aromatic N) is 1. The second-order valence-electron chi connectivity index (χ2n) is 5.11. The Balaban J connectivity index is 2.31. The first kappa shape index (κ1) is 16.0. The molecule has 0 unspecified atom stereocenters. The summed E-state index contributed by atoms with van der Waals surface area (Å²) in [7, 11) is 0. The number of carbonyl (C=O) groups excluding carboxylic acids is 2. The molecule has 0 aliphatic carbocycles. The van der Waals surface area contributed by atoms with Crippen LogP contribution in [-0.4, -0.2) is 36.5 Å². The molecule has 0 aliphatic rings. The molecule has 0 aromatic heterocycles. The summed E-state index contributed by atoms with van der Waals surface area (Å²) < 4.78 is 0. The van der Waals surface area contributed by atoms with Crippen LogP contribution < -0.4 is 10.6 Å². The molecular weight excluding hydrogens is 254 g/mol. The van der Waals surface area contributed by atoms with Crippen molar-refractivity contribution in [1.82, 2.24) is 10.2 Å². The molecule has 0 radical (unpaired) electrons. The largest absolute Gasteiger partial charge is 0.341 e. The summed E-state index contributed by atoms with van der Waals surface area (Å²) in [5.41, 5.74) is 0.746. The van der Waals surface area contributed by atoms with Crippen molar-refractivity contribution in [2.75, 3.05) is 25.0 Å². The lowest BCUT2D eigenvalue weighted by atomic mass is 10.2. The van der Waals surface area contributed by atoms with Gasteiger partial charge in [0.15, 0.2) is 0 Å². The van der Waals surface area contributed by atoms with Crippen LogP contribution in [0.15, 0.2) is 30.3 Å². The van der Waals surface area contributed by atoms with Gasteiger partial charge in [-0.15, -0.1) is 0 Å². The topological polar surface area (TPSA) is 61.4 Å². The summed E-state index contributed by atoms with van der Waals surface area (Å²) >= 11 is 0. The molecule has 0 saturated heterocycles. The van der Waals surface area contributed by atoms with Crippen LogP contribution in [0.5, 0.6) is 0 Å². The first-order chi connectivity index (χ1) is 9.49. The highest BCUT2D eigenvalue weighted by Crippen LogP contribution is 2.04. The number of hydrogen-bond acceptors (Lipinski definition) is 2. The maximum atomic E-state index is 11.7. The monoisotopic (exact) mass is 277 g/mol. The third-order valence-corrected chi connectivity index (χ3v) is 2.73. The van der Waals surface area contributed by atoms with Crippen LogP contribution in [-0.2, 0) is 4.79 Å². The summed E-state index contributed by atoms with van der Waals surface area (Å²) in [6, 6.07) is 8.98. The van der Waals surface area contributed by atoms with Crippen LogP contribution in [0.25, 0.3) is 0 Å². The van der Waals surface area contributed by atoms with E-state index in [0.29, 0.717) is 25.6 Å². The smallest absolute Gasteiger partial charge is 0.319 e. The highest BCUT2D eigenvalue weighted by molar-refractivity contribution is 5.89. The van der Waals surface area contributed by atoms with Crippen molar-refractivity contribution in [3.63, 3.8) is 0 Å². The first-order valence-corrected chi connectivity index (χ1v) is 6.84. The normalized spacial score (nSPS) is 10.2. The van der Waals surface area contributed by atoms with E-state index in [-0.39, 0.29) is 11.9 Å². The molecule has 0 saturated carbocycles. The number of nitrogens with one attached hydrogen (secondary N) is 2. The Morgan fingerprint density at radius 1 is 1.20 bits per heavy atom. The van der Waals surface area contributed by atoms with Gasteiger partial charge in [0.2, 0.25) is 5.91 Å². The highest BCUT2D eigenvalue weighted by Gasteiger charge is 2.10. The van der Waals surface area contributed by atoms with Gasteiger partial charge in [-0.25, -0.2) is 4.79 Å². The molecule has 5 heteroatoms. The van der Waals surface area contributed by atoms with E-state index < -0.39 is 0 Å². The minimum Gasteiger partial charge on any atom is -0.341 e. The van der Waals surface area contributed by atoms with Gasteiger partial charge >= 0.3 is 6.03 Å². The molecule has 2 N–H and O–H groups in total. The lowest BCUT2D eigenvalue weighted by molar-refractivity contribution is -0.129. The fraction of sp³-hybridized carbons (Fsp3) is 0.467. The number of carbonyl (C=O) groups is 2. The second-order valence-corrected chi connectivity index (χ2v) is 5.11. The first-order valence-electron chi connectivity index (χ1n) is 6.84. The van der Waals surface area contributed by atoms with Gasteiger partial charge in [-0.2, -0.15) is 0 Å². The van der Waals surface area contributed by atoms with Crippen LogP contribution in [0.4, 0.5) is 10.5 Å². The fourth-order valence-electron chi connectivity index (χ4n) is 1.82. The number of amides is 3. The summed E-state index contributed by atoms with van der Waals surface area (Å²) in [6.07, 6.45) is 0. The van der Waals surface area contributed by atoms with E-state index in [0.717, 1.165) is 5.69 Å². The predicted octanol–water partition coefficient (Wildman–Crippen LogP) is 2.31. The zero-order chi connectivity index (χ0) is 15.0. The van der Waals surface area contributed by atoms with E-state index >= 15 is 0 Å². The molecule has 0 fully saturated rings. The van der Waals surface area contributed by atoms with Crippen molar-refractivity contribution in [3.05, 3.63) is 30.3 Å². The maximum absolute atomic E-state index is 11.7. The maximum Gasteiger partial charge on any atom is 0.319 e. The van der Waals surface area contributed by atoms with Crippen LogP contribution in [0.2, 0.25) is 0 Å². The summed E-state index contributed by atoms with van der Waals surface area (Å²) in [6.45, 7) is 7.33. The van der Waals surface area contributed by atoms with Gasteiger partial charge in [0, 0.05) is 32.2 Å². The van der Waals surface area contributed by atoms with Gasteiger partial charge in [-0.1, -0.05) is 32.0 Å². The van der Waals surface area contributed by atoms with Crippen molar-refractivity contribution in [1.29, 1.82) is 0 Å². The van der Waals surface area contributed by atoms with Crippen molar-refractivity contribution in [2.45, 2.75) is 20.8 Å². The molecule has 1 aromatic rings. The van der Waals surface area contributed by atoms with Crippen molar-refractivity contribution < 1.29 is 9.59 Å². The molecule has 5 nitrogen and oxygen atoms in total. The average molecular weight is 277 g/mol. The number of benzene rings is 1. The predicted molar refractivity (Wildman–Crippen MR) is 80.6 cm³/mol.